The van der Waals surface area contributed by atoms with Crippen molar-refractivity contribution in [2.45, 2.75) is 33.7 Å². The number of rotatable bonds is 7. The Balaban J connectivity index is 1.76. The molecule has 0 bridgehead atoms. The molecule has 1 amide bonds. The fraction of sp³-hybridized carbons (Fsp3) is 0.407. The average molecular weight is 464 g/mol. The van der Waals surface area contributed by atoms with E-state index in [9.17, 15) is 9.18 Å². The number of carbonyl (C=O) groups is 1. The molecule has 0 radical (unpaired) electrons. The lowest BCUT2D eigenvalue weighted by molar-refractivity contribution is 0.0742. The first-order valence-electron chi connectivity index (χ1n) is 12.0. The second-order valence-electron chi connectivity index (χ2n) is 9.11. The third-order valence-corrected chi connectivity index (χ3v) is 6.52. The molecule has 1 saturated heterocycles. The number of hydrogen-bond acceptors (Lipinski definition) is 4. The molecule has 0 N–H and O–H groups in total. The number of carbonyl (C=O) groups excluding carboxylic acids is 1. The summed E-state index contributed by atoms with van der Waals surface area (Å²) in [5, 5.41) is 4.84. The highest BCUT2D eigenvalue weighted by Crippen LogP contribution is 2.30. The molecule has 34 heavy (non-hydrogen) atoms. The van der Waals surface area contributed by atoms with E-state index in [0.717, 1.165) is 60.8 Å². The highest BCUT2D eigenvalue weighted by atomic mass is 19.1. The predicted octanol–water partition coefficient (Wildman–Crippen LogP) is 4.43. The summed E-state index contributed by atoms with van der Waals surface area (Å²) < 4.78 is 16.0. The largest absolute Gasteiger partial charge is 0.354 e. The smallest absolute Gasteiger partial charge is 0.254 e. The first-order valence-corrected chi connectivity index (χ1v) is 12.0. The van der Waals surface area contributed by atoms with Gasteiger partial charge in [-0.2, -0.15) is 5.10 Å². The molecular formula is C27H34FN5O. The Morgan fingerprint density at radius 2 is 1.79 bits per heavy atom. The van der Waals surface area contributed by atoms with Crippen molar-refractivity contribution < 1.29 is 9.18 Å². The third kappa shape index (κ3) is 4.99. The van der Waals surface area contributed by atoms with Crippen LogP contribution in [0.4, 0.5) is 10.2 Å². The third-order valence-electron chi connectivity index (χ3n) is 6.52. The molecule has 3 aromatic rings. The number of aromatic nitrogens is 2. The number of nitrogens with zero attached hydrogens (tertiary/aromatic N) is 5. The van der Waals surface area contributed by atoms with E-state index in [1.165, 1.54) is 12.1 Å². The summed E-state index contributed by atoms with van der Waals surface area (Å²) in [5.41, 5.74) is 4.27. The van der Waals surface area contributed by atoms with E-state index in [4.69, 9.17) is 5.10 Å². The van der Waals surface area contributed by atoms with Gasteiger partial charge in [-0.05, 0) is 57.1 Å². The topological polar surface area (TPSA) is 44.6 Å². The minimum absolute atomic E-state index is 0.0298. The number of amides is 1. The lowest BCUT2D eigenvalue weighted by Crippen LogP contribution is -2.45. The van der Waals surface area contributed by atoms with Crippen LogP contribution >= 0.6 is 0 Å². The summed E-state index contributed by atoms with van der Waals surface area (Å²) in [6, 6.07) is 14.3. The second-order valence-corrected chi connectivity index (χ2v) is 9.11. The van der Waals surface area contributed by atoms with Gasteiger partial charge >= 0.3 is 0 Å². The van der Waals surface area contributed by atoms with Gasteiger partial charge in [-0.1, -0.05) is 31.2 Å². The second kappa shape index (κ2) is 10.4. The van der Waals surface area contributed by atoms with Gasteiger partial charge in [-0.25, -0.2) is 9.07 Å². The Kier molecular flexibility index (Phi) is 7.32. The van der Waals surface area contributed by atoms with Crippen LogP contribution in [0.15, 0.2) is 48.5 Å². The molecule has 2 heterocycles. The average Bonchev–Trinajstić information content (AvgIpc) is 3.15. The van der Waals surface area contributed by atoms with Crippen LogP contribution in [0.3, 0.4) is 0 Å². The van der Waals surface area contributed by atoms with Crippen LogP contribution in [0.25, 0.3) is 5.69 Å². The van der Waals surface area contributed by atoms with Crippen molar-refractivity contribution in [1.29, 1.82) is 0 Å². The Morgan fingerprint density at radius 3 is 2.47 bits per heavy atom. The zero-order valence-corrected chi connectivity index (χ0v) is 20.6. The molecule has 7 heteroatoms. The summed E-state index contributed by atoms with van der Waals surface area (Å²) in [6.45, 7) is 10.7. The Labute approximate surface area is 201 Å². The van der Waals surface area contributed by atoms with E-state index in [1.54, 1.807) is 6.07 Å². The normalized spacial score (nSPS) is 14.4. The molecule has 0 atom stereocenters. The van der Waals surface area contributed by atoms with Crippen molar-refractivity contribution in [2.75, 3.05) is 44.7 Å². The molecule has 180 valence electrons. The van der Waals surface area contributed by atoms with E-state index in [1.807, 2.05) is 53.8 Å². The van der Waals surface area contributed by atoms with Crippen LogP contribution in [0.5, 0.6) is 0 Å². The maximum Gasteiger partial charge on any atom is 0.254 e. The number of hydrogen-bond donors (Lipinski definition) is 0. The number of likely N-dealkylation sites (N-methyl/N-ethyl adjacent to an activating group) is 1. The first kappa shape index (κ1) is 24.0. The monoisotopic (exact) mass is 463 g/mol. The van der Waals surface area contributed by atoms with Crippen molar-refractivity contribution in [2.24, 2.45) is 0 Å². The number of anilines is 1. The molecule has 0 unspecified atom stereocenters. The van der Waals surface area contributed by atoms with Crippen molar-refractivity contribution in [3.63, 3.8) is 0 Å². The van der Waals surface area contributed by atoms with Gasteiger partial charge in [-0.15, -0.1) is 0 Å². The van der Waals surface area contributed by atoms with Gasteiger partial charge in [0.2, 0.25) is 0 Å². The Hall–Kier alpha value is -3.19. The van der Waals surface area contributed by atoms with Crippen molar-refractivity contribution in [1.82, 2.24) is 19.6 Å². The zero-order chi connectivity index (χ0) is 24.2. The van der Waals surface area contributed by atoms with Gasteiger partial charge < -0.3 is 14.7 Å². The van der Waals surface area contributed by atoms with Gasteiger partial charge in [0.05, 0.1) is 17.9 Å². The quantitative estimate of drug-likeness (QED) is 0.520. The molecule has 1 aliphatic rings. The van der Waals surface area contributed by atoms with E-state index in [2.05, 4.69) is 23.8 Å². The van der Waals surface area contributed by atoms with E-state index in [-0.39, 0.29) is 11.7 Å². The van der Waals surface area contributed by atoms with E-state index < -0.39 is 0 Å². The molecule has 2 aromatic carbocycles. The van der Waals surface area contributed by atoms with Gasteiger partial charge in [0, 0.05) is 43.9 Å². The highest BCUT2D eigenvalue weighted by Gasteiger charge is 2.27. The van der Waals surface area contributed by atoms with Crippen LogP contribution in [0, 0.1) is 19.7 Å². The van der Waals surface area contributed by atoms with Crippen LogP contribution in [-0.4, -0.2) is 65.3 Å². The maximum atomic E-state index is 14.1. The van der Waals surface area contributed by atoms with Crippen LogP contribution in [0.1, 0.15) is 40.5 Å². The molecule has 0 saturated carbocycles. The van der Waals surface area contributed by atoms with Crippen molar-refractivity contribution in [3.05, 3.63) is 76.7 Å². The summed E-state index contributed by atoms with van der Waals surface area (Å²) in [5.74, 6) is 0.691. The van der Waals surface area contributed by atoms with E-state index in [0.29, 0.717) is 18.8 Å². The summed E-state index contributed by atoms with van der Waals surface area (Å²) >= 11 is 0. The number of benzene rings is 2. The molecule has 4 rings (SSSR count). The molecule has 6 nitrogen and oxygen atoms in total. The fourth-order valence-corrected chi connectivity index (χ4v) is 4.56. The van der Waals surface area contributed by atoms with Crippen molar-refractivity contribution >= 4 is 11.7 Å². The Bertz CT molecular complexity index is 1150. The first-order chi connectivity index (χ1) is 16.4. The number of piperazine rings is 1. The lowest BCUT2D eigenvalue weighted by Gasteiger charge is -2.35. The van der Waals surface area contributed by atoms with Gasteiger partial charge in [-0.3, -0.25) is 4.79 Å². The SMILES string of the molecule is CCCN(Cc1c(C)nn(-c2cccc(F)c2)c1N1CCN(C)CC1)C(=O)c1ccccc1C. The zero-order valence-electron chi connectivity index (χ0n) is 20.6. The van der Waals surface area contributed by atoms with E-state index >= 15 is 0 Å². The molecule has 1 aliphatic heterocycles. The molecule has 0 aliphatic carbocycles. The molecule has 0 spiro atoms. The number of halogens is 1. The standard InChI is InChI=1S/C27H34FN5O/c1-5-13-32(27(34)24-12-7-6-9-20(24)2)19-25-21(3)29-33(23-11-8-10-22(28)18-23)26(25)31-16-14-30(4)15-17-31/h6-12,18H,5,13-17,19H2,1-4H3. The predicted molar refractivity (Wildman–Crippen MR) is 134 cm³/mol. The van der Waals surface area contributed by atoms with Gasteiger partial charge in [0.15, 0.2) is 0 Å². The molecule has 1 fully saturated rings. The maximum absolute atomic E-state index is 14.1. The van der Waals surface area contributed by atoms with Gasteiger partial charge in [0.1, 0.15) is 11.6 Å². The number of aryl methyl sites for hydroxylation is 2. The van der Waals surface area contributed by atoms with Crippen LogP contribution in [0.2, 0.25) is 0 Å². The molecular weight excluding hydrogens is 429 g/mol. The minimum Gasteiger partial charge on any atom is -0.354 e. The molecule has 1 aromatic heterocycles. The lowest BCUT2D eigenvalue weighted by atomic mass is 10.1. The summed E-state index contributed by atoms with van der Waals surface area (Å²) in [4.78, 5) is 20.1. The van der Waals surface area contributed by atoms with Crippen LogP contribution < -0.4 is 4.90 Å². The van der Waals surface area contributed by atoms with Gasteiger partial charge in [0.25, 0.3) is 5.91 Å². The minimum atomic E-state index is -0.293. The van der Waals surface area contributed by atoms with Crippen molar-refractivity contribution in [3.8, 4) is 5.69 Å². The fourth-order valence-electron chi connectivity index (χ4n) is 4.56. The highest BCUT2D eigenvalue weighted by molar-refractivity contribution is 5.95. The summed E-state index contributed by atoms with van der Waals surface area (Å²) in [6.07, 6.45) is 0.860. The summed E-state index contributed by atoms with van der Waals surface area (Å²) in [7, 11) is 2.12. The Morgan fingerprint density at radius 1 is 1.06 bits per heavy atom. The van der Waals surface area contributed by atoms with Crippen LogP contribution in [-0.2, 0) is 6.54 Å².